The molecule has 0 fully saturated rings. The van der Waals surface area contributed by atoms with Crippen LogP contribution in [0.25, 0.3) is 0 Å². The maximum Gasteiger partial charge on any atom is 0.279 e. The third-order valence-electron chi connectivity index (χ3n) is 3.97. The zero-order chi connectivity index (χ0) is 18.1. The van der Waals surface area contributed by atoms with Crippen LogP contribution in [0, 0.1) is 11.6 Å². The number of nitrogens with zero attached hydrogens (tertiary/aromatic N) is 2. The quantitative estimate of drug-likeness (QED) is 0.515. The molecule has 0 saturated carbocycles. The van der Waals surface area contributed by atoms with Gasteiger partial charge in [-0.25, -0.2) is 8.78 Å². The van der Waals surface area contributed by atoms with E-state index in [0.29, 0.717) is 10.9 Å². The summed E-state index contributed by atoms with van der Waals surface area (Å²) in [6.45, 7) is 3.62. The zero-order valence-electron chi connectivity index (χ0n) is 13.4. The molecule has 1 amide bonds. The van der Waals surface area contributed by atoms with Crippen molar-refractivity contribution in [1.29, 1.82) is 0 Å². The summed E-state index contributed by atoms with van der Waals surface area (Å²) in [5.74, 6) is -1.84. The van der Waals surface area contributed by atoms with Crippen LogP contribution < -0.4 is 10.9 Å². The summed E-state index contributed by atoms with van der Waals surface area (Å²) in [6, 6.07) is 3.11. The Labute approximate surface area is 146 Å². The van der Waals surface area contributed by atoms with Crippen LogP contribution in [-0.4, -0.2) is 21.2 Å². The fraction of sp³-hybridized carbons (Fsp3) is 0.235. The number of halogens is 2. The lowest BCUT2D eigenvalue weighted by molar-refractivity contribution is -0.116. The molecule has 8 heteroatoms. The van der Waals surface area contributed by atoms with Crippen LogP contribution in [0.15, 0.2) is 40.8 Å². The van der Waals surface area contributed by atoms with Gasteiger partial charge >= 0.3 is 0 Å². The van der Waals surface area contributed by atoms with Crippen LogP contribution in [0.3, 0.4) is 0 Å². The molecule has 25 heavy (non-hydrogen) atoms. The van der Waals surface area contributed by atoms with Gasteiger partial charge in [0.25, 0.3) is 5.56 Å². The van der Waals surface area contributed by atoms with Crippen molar-refractivity contribution in [2.24, 2.45) is 7.05 Å². The van der Waals surface area contributed by atoms with Crippen molar-refractivity contribution in [3.63, 3.8) is 0 Å². The maximum absolute atomic E-state index is 14.2. The Morgan fingerprint density at radius 2 is 2.20 bits per heavy atom. The van der Waals surface area contributed by atoms with E-state index in [1.165, 1.54) is 17.8 Å². The average molecular weight is 363 g/mol. The summed E-state index contributed by atoms with van der Waals surface area (Å²) in [6.07, 6.45) is 1.57. The number of amides is 1. The predicted octanol–water partition coefficient (Wildman–Crippen LogP) is 2.81. The van der Waals surface area contributed by atoms with E-state index in [0.717, 1.165) is 12.1 Å². The standard InChI is InChI=1S/C17H15F2N3O2S/c1-3-6-25-17-21-16(24)14-11(8-13(23)20-15(14)22(17)2)10-5-4-9(18)7-12(10)19/h3-5,7,11H,1,6,8H2,2H3,(H,20,23)/t11-/m0/s1. The van der Waals surface area contributed by atoms with E-state index in [1.807, 2.05) is 0 Å². The minimum Gasteiger partial charge on any atom is -0.312 e. The second kappa shape index (κ2) is 6.79. The van der Waals surface area contributed by atoms with E-state index in [9.17, 15) is 18.4 Å². The number of benzene rings is 1. The average Bonchev–Trinajstić information content (AvgIpc) is 2.56. The Morgan fingerprint density at radius 3 is 2.88 bits per heavy atom. The van der Waals surface area contributed by atoms with Crippen molar-refractivity contribution in [3.8, 4) is 0 Å². The van der Waals surface area contributed by atoms with Gasteiger partial charge in [-0.1, -0.05) is 23.9 Å². The molecule has 5 nitrogen and oxygen atoms in total. The van der Waals surface area contributed by atoms with Crippen LogP contribution >= 0.6 is 11.8 Å². The Hall–Kier alpha value is -2.48. The van der Waals surface area contributed by atoms with Gasteiger partial charge in [0, 0.05) is 31.2 Å². The molecular formula is C17H15F2N3O2S. The van der Waals surface area contributed by atoms with Gasteiger partial charge in [0.2, 0.25) is 5.91 Å². The molecule has 2 heterocycles. The van der Waals surface area contributed by atoms with Gasteiger partial charge in [-0.15, -0.1) is 6.58 Å². The summed E-state index contributed by atoms with van der Waals surface area (Å²) in [7, 11) is 1.67. The van der Waals surface area contributed by atoms with Crippen molar-refractivity contribution in [2.45, 2.75) is 17.5 Å². The Balaban J connectivity index is 2.18. The number of rotatable bonds is 4. The molecule has 1 N–H and O–H groups in total. The Kier molecular flexibility index (Phi) is 4.71. The summed E-state index contributed by atoms with van der Waals surface area (Å²) >= 11 is 1.30. The van der Waals surface area contributed by atoms with Crippen LogP contribution in [-0.2, 0) is 11.8 Å². The Morgan fingerprint density at radius 1 is 1.44 bits per heavy atom. The van der Waals surface area contributed by atoms with Crippen molar-refractivity contribution >= 4 is 23.5 Å². The predicted molar refractivity (Wildman–Crippen MR) is 91.8 cm³/mol. The van der Waals surface area contributed by atoms with Crippen LogP contribution in [0.2, 0.25) is 0 Å². The minimum atomic E-state index is -0.811. The lowest BCUT2D eigenvalue weighted by Gasteiger charge is -2.27. The SMILES string of the molecule is C=CCSc1nc(=O)c2c(n1C)NC(=O)C[C@H]2c1ccc(F)cc1F. The van der Waals surface area contributed by atoms with Gasteiger partial charge < -0.3 is 9.88 Å². The molecule has 0 saturated heterocycles. The first kappa shape index (κ1) is 17.3. The number of aromatic nitrogens is 2. The summed E-state index contributed by atoms with van der Waals surface area (Å²) < 4.78 is 29.0. The summed E-state index contributed by atoms with van der Waals surface area (Å²) in [5.41, 5.74) is -0.230. The van der Waals surface area contributed by atoms with E-state index in [4.69, 9.17) is 0 Å². The van der Waals surface area contributed by atoms with Crippen LogP contribution in [0.1, 0.15) is 23.5 Å². The van der Waals surface area contributed by atoms with E-state index < -0.39 is 23.1 Å². The smallest absolute Gasteiger partial charge is 0.279 e. The minimum absolute atomic E-state index is 0.0999. The highest BCUT2D eigenvalue weighted by Crippen LogP contribution is 2.36. The van der Waals surface area contributed by atoms with Gasteiger partial charge in [-0.2, -0.15) is 4.98 Å². The van der Waals surface area contributed by atoms with Crippen molar-refractivity contribution in [3.05, 3.63) is 64.0 Å². The first-order chi connectivity index (χ1) is 11.9. The number of carbonyl (C=O) groups excluding carboxylic acids is 1. The summed E-state index contributed by atoms with van der Waals surface area (Å²) in [5, 5.41) is 3.09. The van der Waals surface area contributed by atoms with Gasteiger partial charge in [0.05, 0.1) is 5.56 Å². The van der Waals surface area contributed by atoms with Crippen molar-refractivity contribution in [2.75, 3.05) is 11.1 Å². The molecule has 0 spiro atoms. The lowest BCUT2D eigenvalue weighted by atomic mass is 9.86. The normalized spacial score (nSPS) is 16.3. The van der Waals surface area contributed by atoms with E-state index in [1.54, 1.807) is 17.7 Å². The molecule has 2 aromatic rings. The van der Waals surface area contributed by atoms with E-state index in [-0.39, 0.29) is 29.3 Å². The lowest BCUT2D eigenvalue weighted by Crippen LogP contribution is -2.33. The fourth-order valence-corrected chi connectivity index (χ4v) is 3.55. The highest BCUT2D eigenvalue weighted by atomic mass is 32.2. The number of fused-ring (bicyclic) bond motifs is 1. The molecule has 1 aromatic carbocycles. The third-order valence-corrected chi connectivity index (χ3v) is 4.99. The van der Waals surface area contributed by atoms with Crippen LogP contribution in [0.5, 0.6) is 0 Å². The molecule has 1 aromatic heterocycles. The molecule has 0 radical (unpaired) electrons. The second-order valence-electron chi connectivity index (χ2n) is 5.59. The van der Waals surface area contributed by atoms with Gasteiger partial charge in [0.15, 0.2) is 5.16 Å². The molecule has 0 bridgehead atoms. The third kappa shape index (κ3) is 3.21. The molecular weight excluding hydrogens is 348 g/mol. The first-order valence-electron chi connectivity index (χ1n) is 7.51. The van der Waals surface area contributed by atoms with Crippen molar-refractivity contribution in [1.82, 2.24) is 9.55 Å². The van der Waals surface area contributed by atoms with E-state index >= 15 is 0 Å². The monoisotopic (exact) mass is 363 g/mol. The topological polar surface area (TPSA) is 64.0 Å². The maximum atomic E-state index is 14.2. The molecule has 130 valence electrons. The first-order valence-corrected chi connectivity index (χ1v) is 8.50. The van der Waals surface area contributed by atoms with Gasteiger partial charge in [0.1, 0.15) is 17.5 Å². The second-order valence-corrected chi connectivity index (χ2v) is 6.58. The molecule has 1 atom stereocenters. The molecule has 1 aliphatic heterocycles. The highest BCUT2D eigenvalue weighted by molar-refractivity contribution is 7.99. The zero-order valence-corrected chi connectivity index (χ0v) is 14.2. The molecule has 3 rings (SSSR count). The van der Waals surface area contributed by atoms with E-state index in [2.05, 4.69) is 16.9 Å². The summed E-state index contributed by atoms with van der Waals surface area (Å²) in [4.78, 5) is 28.7. The van der Waals surface area contributed by atoms with Crippen molar-refractivity contribution < 1.29 is 13.6 Å². The number of thioether (sulfide) groups is 1. The fourth-order valence-electron chi connectivity index (χ4n) is 2.85. The molecule has 1 aliphatic rings. The number of hydrogen-bond acceptors (Lipinski definition) is 4. The van der Waals surface area contributed by atoms with Gasteiger partial charge in [-0.3, -0.25) is 9.59 Å². The van der Waals surface area contributed by atoms with Crippen LogP contribution in [0.4, 0.5) is 14.6 Å². The Bertz CT molecular complexity index is 927. The number of anilines is 1. The largest absolute Gasteiger partial charge is 0.312 e. The number of carbonyl (C=O) groups is 1. The number of hydrogen-bond donors (Lipinski definition) is 1. The van der Waals surface area contributed by atoms with Gasteiger partial charge in [-0.05, 0) is 11.6 Å². The molecule has 0 unspecified atom stereocenters. The molecule has 0 aliphatic carbocycles. The number of nitrogens with one attached hydrogen (secondary N) is 1. The highest BCUT2D eigenvalue weighted by Gasteiger charge is 2.33.